The molecule has 3 heteroatoms. The third-order valence-electron chi connectivity index (χ3n) is 3.24. The first kappa shape index (κ1) is 11.7. The molecule has 19 heavy (non-hydrogen) atoms. The maximum atomic E-state index is 6.08. The number of benzene rings is 2. The van der Waals surface area contributed by atoms with Gasteiger partial charge in [0, 0.05) is 10.9 Å². The molecule has 0 saturated heterocycles. The van der Waals surface area contributed by atoms with Crippen molar-refractivity contribution in [3.8, 4) is 11.4 Å². The molecule has 0 aliphatic heterocycles. The molecule has 0 unspecified atom stereocenters. The number of fused-ring (bicyclic) bond motifs is 1. The Balaban J connectivity index is 2.27. The highest BCUT2D eigenvalue weighted by molar-refractivity contribution is 5.92. The summed E-state index contributed by atoms with van der Waals surface area (Å²) in [6, 6.07) is 14.1. The van der Waals surface area contributed by atoms with E-state index in [2.05, 4.69) is 29.0 Å². The molecule has 0 saturated carbocycles. The van der Waals surface area contributed by atoms with Crippen LogP contribution in [0, 0.1) is 13.8 Å². The van der Waals surface area contributed by atoms with Gasteiger partial charge in [0.1, 0.15) is 5.82 Å². The predicted octanol–water partition coefficient (Wildman–Crippen LogP) is 3.50. The largest absolute Gasteiger partial charge is 0.383 e. The molecule has 0 aliphatic rings. The van der Waals surface area contributed by atoms with E-state index < -0.39 is 0 Å². The number of nitrogen functional groups attached to an aromatic ring is 1. The summed E-state index contributed by atoms with van der Waals surface area (Å²) in [5.41, 5.74) is 10.3. The van der Waals surface area contributed by atoms with Crippen LogP contribution in [0.15, 0.2) is 42.5 Å². The Kier molecular flexibility index (Phi) is 2.67. The molecular formula is C16H15N3. The van der Waals surface area contributed by atoms with Crippen molar-refractivity contribution in [2.45, 2.75) is 13.8 Å². The molecule has 0 fully saturated rings. The second-order valence-electron chi connectivity index (χ2n) is 4.77. The third-order valence-corrected chi connectivity index (χ3v) is 3.24. The molecule has 2 N–H and O–H groups in total. The summed E-state index contributed by atoms with van der Waals surface area (Å²) < 4.78 is 0. The summed E-state index contributed by atoms with van der Waals surface area (Å²) >= 11 is 0. The first-order valence-electron chi connectivity index (χ1n) is 6.25. The SMILES string of the molecule is Cc1cccc(-c2nc(N)c3c(C)cccc3n2)c1. The minimum Gasteiger partial charge on any atom is -0.383 e. The normalized spacial score (nSPS) is 10.8. The first-order chi connectivity index (χ1) is 9.15. The topological polar surface area (TPSA) is 51.8 Å². The van der Waals surface area contributed by atoms with Crippen molar-refractivity contribution in [1.82, 2.24) is 9.97 Å². The van der Waals surface area contributed by atoms with Crippen LogP contribution in [0.4, 0.5) is 5.82 Å². The molecule has 0 spiro atoms. The Hall–Kier alpha value is -2.42. The summed E-state index contributed by atoms with van der Waals surface area (Å²) in [4.78, 5) is 9.06. The van der Waals surface area contributed by atoms with Crippen LogP contribution in [-0.4, -0.2) is 9.97 Å². The molecule has 2 aromatic carbocycles. The molecule has 3 nitrogen and oxygen atoms in total. The smallest absolute Gasteiger partial charge is 0.162 e. The minimum absolute atomic E-state index is 0.541. The van der Waals surface area contributed by atoms with Gasteiger partial charge in [-0.3, -0.25) is 0 Å². The van der Waals surface area contributed by atoms with E-state index in [0.29, 0.717) is 11.6 Å². The monoisotopic (exact) mass is 249 g/mol. The van der Waals surface area contributed by atoms with E-state index in [-0.39, 0.29) is 0 Å². The summed E-state index contributed by atoms with van der Waals surface area (Å²) in [5, 5.41) is 0.943. The number of hydrogen-bond donors (Lipinski definition) is 1. The molecule has 0 bridgehead atoms. The lowest BCUT2D eigenvalue weighted by Gasteiger charge is -2.08. The number of aromatic nitrogens is 2. The van der Waals surface area contributed by atoms with E-state index in [1.165, 1.54) is 5.56 Å². The van der Waals surface area contributed by atoms with Gasteiger partial charge in [0.15, 0.2) is 5.82 Å². The van der Waals surface area contributed by atoms with Crippen molar-refractivity contribution in [1.29, 1.82) is 0 Å². The van der Waals surface area contributed by atoms with Crippen LogP contribution in [0.5, 0.6) is 0 Å². The summed E-state index contributed by atoms with van der Waals surface area (Å²) in [7, 11) is 0. The van der Waals surface area contributed by atoms with Gasteiger partial charge in [0.05, 0.1) is 5.52 Å². The Bertz CT molecular complexity index is 763. The second kappa shape index (κ2) is 4.35. The van der Waals surface area contributed by atoms with Gasteiger partial charge in [0.25, 0.3) is 0 Å². The number of rotatable bonds is 1. The van der Waals surface area contributed by atoms with E-state index in [0.717, 1.165) is 22.0 Å². The second-order valence-corrected chi connectivity index (χ2v) is 4.77. The van der Waals surface area contributed by atoms with Crippen LogP contribution in [0.2, 0.25) is 0 Å². The lowest BCUT2D eigenvalue weighted by atomic mass is 10.1. The Labute approximate surface area is 112 Å². The van der Waals surface area contributed by atoms with Gasteiger partial charge in [-0.2, -0.15) is 0 Å². The van der Waals surface area contributed by atoms with E-state index in [1.807, 2.05) is 37.3 Å². The van der Waals surface area contributed by atoms with Gasteiger partial charge in [-0.05, 0) is 31.5 Å². The molecule has 0 atom stereocenters. The van der Waals surface area contributed by atoms with Crippen LogP contribution in [0.3, 0.4) is 0 Å². The van der Waals surface area contributed by atoms with Crippen LogP contribution in [-0.2, 0) is 0 Å². The van der Waals surface area contributed by atoms with Crippen molar-refractivity contribution in [2.75, 3.05) is 5.73 Å². The van der Waals surface area contributed by atoms with Crippen molar-refractivity contribution >= 4 is 16.7 Å². The average Bonchev–Trinajstić information content (AvgIpc) is 2.38. The highest BCUT2D eigenvalue weighted by Crippen LogP contribution is 2.25. The Morgan fingerprint density at radius 3 is 2.53 bits per heavy atom. The Morgan fingerprint density at radius 1 is 0.947 bits per heavy atom. The molecule has 94 valence electrons. The van der Waals surface area contributed by atoms with Crippen LogP contribution in [0.1, 0.15) is 11.1 Å². The van der Waals surface area contributed by atoms with E-state index >= 15 is 0 Å². The number of nitrogens with two attached hydrogens (primary N) is 1. The fraction of sp³-hybridized carbons (Fsp3) is 0.125. The zero-order valence-corrected chi connectivity index (χ0v) is 11.0. The number of aryl methyl sites for hydroxylation is 2. The summed E-state index contributed by atoms with van der Waals surface area (Å²) in [5.74, 6) is 1.22. The van der Waals surface area contributed by atoms with Gasteiger partial charge < -0.3 is 5.73 Å². The third kappa shape index (κ3) is 2.03. The fourth-order valence-electron chi connectivity index (χ4n) is 2.30. The first-order valence-corrected chi connectivity index (χ1v) is 6.25. The molecule has 3 rings (SSSR count). The van der Waals surface area contributed by atoms with E-state index in [4.69, 9.17) is 5.73 Å². The Morgan fingerprint density at radius 2 is 1.74 bits per heavy atom. The van der Waals surface area contributed by atoms with Crippen molar-refractivity contribution < 1.29 is 0 Å². The number of hydrogen-bond acceptors (Lipinski definition) is 3. The molecular weight excluding hydrogens is 234 g/mol. The molecule has 0 aliphatic carbocycles. The maximum absolute atomic E-state index is 6.08. The van der Waals surface area contributed by atoms with E-state index in [1.54, 1.807) is 0 Å². The van der Waals surface area contributed by atoms with Crippen LogP contribution in [0.25, 0.3) is 22.3 Å². The molecule has 3 aromatic rings. The molecule has 0 amide bonds. The highest BCUT2D eigenvalue weighted by atomic mass is 14.9. The van der Waals surface area contributed by atoms with Crippen molar-refractivity contribution in [3.63, 3.8) is 0 Å². The maximum Gasteiger partial charge on any atom is 0.162 e. The lowest BCUT2D eigenvalue weighted by molar-refractivity contribution is 1.22. The highest BCUT2D eigenvalue weighted by Gasteiger charge is 2.08. The summed E-state index contributed by atoms with van der Waals surface area (Å²) in [6.45, 7) is 4.08. The molecule has 1 heterocycles. The molecule has 1 aromatic heterocycles. The van der Waals surface area contributed by atoms with Crippen LogP contribution < -0.4 is 5.73 Å². The van der Waals surface area contributed by atoms with Crippen molar-refractivity contribution in [3.05, 3.63) is 53.6 Å². The van der Waals surface area contributed by atoms with Gasteiger partial charge in [0.2, 0.25) is 0 Å². The number of anilines is 1. The fourth-order valence-corrected chi connectivity index (χ4v) is 2.30. The lowest BCUT2D eigenvalue weighted by Crippen LogP contribution is -1.99. The quantitative estimate of drug-likeness (QED) is 0.718. The van der Waals surface area contributed by atoms with Gasteiger partial charge in [-0.25, -0.2) is 9.97 Å². The summed E-state index contributed by atoms with van der Waals surface area (Å²) in [6.07, 6.45) is 0. The number of nitrogens with zero attached hydrogens (tertiary/aromatic N) is 2. The molecule has 0 radical (unpaired) electrons. The average molecular weight is 249 g/mol. The zero-order chi connectivity index (χ0) is 13.4. The van der Waals surface area contributed by atoms with Crippen molar-refractivity contribution in [2.24, 2.45) is 0 Å². The minimum atomic E-state index is 0.541. The van der Waals surface area contributed by atoms with Gasteiger partial charge >= 0.3 is 0 Å². The van der Waals surface area contributed by atoms with Gasteiger partial charge in [-0.1, -0.05) is 35.9 Å². The van der Waals surface area contributed by atoms with Gasteiger partial charge in [-0.15, -0.1) is 0 Å². The predicted molar refractivity (Wildman–Crippen MR) is 78.9 cm³/mol. The van der Waals surface area contributed by atoms with E-state index in [9.17, 15) is 0 Å². The standard InChI is InChI=1S/C16H15N3/c1-10-5-3-7-12(9-10)16-18-13-8-4-6-11(2)14(13)15(17)19-16/h3-9H,1-2H3,(H2,17,18,19). The zero-order valence-electron chi connectivity index (χ0n) is 11.0. The van der Waals surface area contributed by atoms with Crippen LogP contribution >= 0.6 is 0 Å².